The minimum Gasteiger partial charge on any atom is -0.352 e. The fraction of sp³-hybridized carbons (Fsp3) is 0.364. The number of carbonyl (C=O) groups is 2. The molecule has 0 aromatic heterocycles. The van der Waals surface area contributed by atoms with Gasteiger partial charge in [0.05, 0.1) is 16.5 Å². The number of nitrogens with zero attached hydrogens (tertiary/aromatic N) is 1. The van der Waals surface area contributed by atoms with Crippen molar-refractivity contribution in [3.8, 4) is 0 Å². The van der Waals surface area contributed by atoms with Crippen LogP contribution in [0.25, 0.3) is 0 Å². The molecular weight excluding hydrogens is 431 g/mol. The Bertz CT molecular complexity index is 873. The Kier molecular flexibility index (Phi) is 8.81. The summed E-state index contributed by atoms with van der Waals surface area (Å²) in [6, 6.07) is 11.7. The smallest absolute Gasteiger partial charge is 0.242 e. The predicted octanol–water partition coefficient (Wildman–Crippen LogP) is 5.52. The van der Waals surface area contributed by atoms with Crippen LogP contribution in [0.2, 0.25) is 15.1 Å². The second-order valence-electron chi connectivity index (χ2n) is 7.07. The van der Waals surface area contributed by atoms with Gasteiger partial charge in [0.2, 0.25) is 11.8 Å². The van der Waals surface area contributed by atoms with E-state index in [1.165, 1.54) is 0 Å². The zero-order valence-corrected chi connectivity index (χ0v) is 19.0. The van der Waals surface area contributed by atoms with Crippen LogP contribution in [-0.4, -0.2) is 28.8 Å². The normalized spacial score (nSPS) is 12.9. The standard InChI is InChI=1S/C22H25Cl3N2O2/c1-4-14(2)26-22(29)15(3)27(13-17-6-5-7-18(23)10-17)21(28)12-16-8-9-19(24)20(25)11-16/h5-11,14-15H,4,12-13H2,1-3H3,(H,26,29)/t14-,15-/m0/s1. The molecule has 29 heavy (non-hydrogen) atoms. The van der Waals surface area contributed by atoms with Crippen molar-refractivity contribution in [2.75, 3.05) is 0 Å². The molecule has 156 valence electrons. The van der Waals surface area contributed by atoms with E-state index < -0.39 is 6.04 Å². The predicted molar refractivity (Wildman–Crippen MR) is 120 cm³/mol. The average molecular weight is 456 g/mol. The van der Waals surface area contributed by atoms with Gasteiger partial charge >= 0.3 is 0 Å². The maximum Gasteiger partial charge on any atom is 0.242 e. The molecule has 0 aliphatic rings. The summed E-state index contributed by atoms with van der Waals surface area (Å²) in [5.41, 5.74) is 1.58. The molecule has 2 aromatic rings. The Hall–Kier alpha value is -1.75. The van der Waals surface area contributed by atoms with Gasteiger partial charge in [-0.15, -0.1) is 0 Å². The van der Waals surface area contributed by atoms with Gasteiger partial charge in [-0.2, -0.15) is 0 Å². The number of halogens is 3. The number of amides is 2. The maximum absolute atomic E-state index is 13.1. The van der Waals surface area contributed by atoms with Crippen molar-refractivity contribution < 1.29 is 9.59 Å². The van der Waals surface area contributed by atoms with E-state index in [1.54, 1.807) is 42.2 Å². The summed E-state index contributed by atoms with van der Waals surface area (Å²) in [4.78, 5) is 27.4. The summed E-state index contributed by atoms with van der Waals surface area (Å²) >= 11 is 18.1. The Morgan fingerprint density at radius 2 is 1.72 bits per heavy atom. The topological polar surface area (TPSA) is 49.4 Å². The van der Waals surface area contributed by atoms with Crippen LogP contribution >= 0.6 is 34.8 Å². The summed E-state index contributed by atoms with van der Waals surface area (Å²) in [5.74, 6) is -0.376. The molecule has 2 rings (SSSR count). The number of benzene rings is 2. The highest BCUT2D eigenvalue weighted by atomic mass is 35.5. The molecule has 1 N–H and O–H groups in total. The molecule has 0 saturated heterocycles. The van der Waals surface area contributed by atoms with Crippen LogP contribution in [0.3, 0.4) is 0 Å². The van der Waals surface area contributed by atoms with Gasteiger partial charge in [0.15, 0.2) is 0 Å². The zero-order chi connectivity index (χ0) is 21.6. The van der Waals surface area contributed by atoms with E-state index in [0.717, 1.165) is 17.5 Å². The maximum atomic E-state index is 13.1. The van der Waals surface area contributed by atoms with E-state index in [-0.39, 0.29) is 30.8 Å². The van der Waals surface area contributed by atoms with E-state index in [1.807, 2.05) is 26.0 Å². The number of hydrogen-bond acceptors (Lipinski definition) is 2. The van der Waals surface area contributed by atoms with Crippen LogP contribution in [0.4, 0.5) is 0 Å². The molecule has 2 aromatic carbocycles. The quantitative estimate of drug-likeness (QED) is 0.569. The van der Waals surface area contributed by atoms with Crippen LogP contribution in [0.1, 0.15) is 38.3 Å². The third-order valence-electron chi connectivity index (χ3n) is 4.75. The molecule has 0 heterocycles. The molecule has 4 nitrogen and oxygen atoms in total. The molecule has 0 saturated carbocycles. The molecule has 0 fully saturated rings. The Labute approximate surface area is 187 Å². The minimum absolute atomic E-state index is 0.0307. The summed E-state index contributed by atoms with van der Waals surface area (Å²) in [7, 11) is 0. The highest BCUT2D eigenvalue weighted by Crippen LogP contribution is 2.23. The highest BCUT2D eigenvalue weighted by Gasteiger charge is 2.27. The molecule has 0 spiro atoms. The van der Waals surface area contributed by atoms with Crippen molar-refractivity contribution in [3.05, 3.63) is 68.7 Å². The first-order valence-corrected chi connectivity index (χ1v) is 10.6. The van der Waals surface area contributed by atoms with E-state index >= 15 is 0 Å². The number of rotatable bonds is 8. The summed E-state index contributed by atoms with van der Waals surface area (Å²) in [6.07, 6.45) is 0.919. The first-order chi connectivity index (χ1) is 13.7. The van der Waals surface area contributed by atoms with Crippen molar-refractivity contribution in [1.29, 1.82) is 0 Å². The van der Waals surface area contributed by atoms with Crippen LogP contribution in [0.15, 0.2) is 42.5 Å². The summed E-state index contributed by atoms with van der Waals surface area (Å²) in [6.45, 7) is 5.93. The fourth-order valence-corrected chi connectivity index (χ4v) is 3.34. The second-order valence-corrected chi connectivity index (χ2v) is 8.32. The van der Waals surface area contributed by atoms with Gasteiger partial charge < -0.3 is 10.2 Å². The van der Waals surface area contributed by atoms with Crippen molar-refractivity contribution in [2.24, 2.45) is 0 Å². The van der Waals surface area contributed by atoms with E-state index in [4.69, 9.17) is 34.8 Å². The largest absolute Gasteiger partial charge is 0.352 e. The molecular formula is C22H25Cl3N2O2. The molecule has 0 aliphatic carbocycles. The van der Waals surface area contributed by atoms with Crippen LogP contribution < -0.4 is 5.32 Å². The second kappa shape index (κ2) is 10.9. The van der Waals surface area contributed by atoms with E-state index in [9.17, 15) is 9.59 Å². The third kappa shape index (κ3) is 6.91. The fourth-order valence-electron chi connectivity index (χ4n) is 2.81. The van der Waals surface area contributed by atoms with Gasteiger partial charge in [-0.05, 0) is 55.7 Å². The zero-order valence-electron chi connectivity index (χ0n) is 16.7. The van der Waals surface area contributed by atoms with Gasteiger partial charge in [-0.3, -0.25) is 9.59 Å². The highest BCUT2D eigenvalue weighted by molar-refractivity contribution is 6.42. The molecule has 2 atom stereocenters. The first-order valence-electron chi connectivity index (χ1n) is 9.49. The lowest BCUT2D eigenvalue weighted by Crippen LogP contribution is -2.49. The average Bonchev–Trinajstić information content (AvgIpc) is 2.68. The number of carbonyl (C=O) groups excluding carboxylic acids is 2. The van der Waals surface area contributed by atoms with Gasteiger partial charge in [0.1, 0.15) is 6.04 Å². The molecule has 2 amide bonds. The SMILES string of the molecule is CC[C@H](C)NC(=O)[C@H](C)N(Cc1cccc(Cl)c1)C(=O)Cc1ccc(Cl)c(Cl)c1. The first kappa shape index (κ1) is 23.5. The van der Waals surface area contributed by atoms with Gasteiger partial charge in [-0.1, -0.05) is 59.9 Å². The molecule has 0 radical (unpaired) electrons. The van der Waals surface area contributed by atoms with Crippen molar-refractivity contribution in [2.45, 2.75) is 52.2 Å². The van der Waals surface area contributed by atoms with Crippen LogP contribution in [-0.2, 0) is 22.6 Å². The monoisotopic (exact) mass is 454 g/mol. The summed E-state index contributed by atoms with van der Waals surface area (Å²) < 4.78 is 0. The van der Waals surface area contributed by atoms with Gasteiger partial charge in [0, 0.05) is 17.6 Å². The van der Waals surface area contributed by atoms with Crippen LogP contribution in [0, 0.1) is 0 Å². The van der Waals surface area contributed by atoms with Gasteiger partial charge in [0.25, 0.3) is 0 Å². The third-order valence-corrected chi connectivity index (χ3v) is 5.72. The minimum atomic E-state index is -0.641. The lowest BCUT2D eigenvalue weighted by Gasteiger charge is -2.30. The van der Waals surface area contributed by atoms with Crippen LogP contribution in [0.5, 0.6) is 0 Å². The molecule has 0 bridgehead atoms. The number of nitrogens with one attached hydrogen (secondary N) is 1. The lowest BCUT2D eigenvalue weighted by atomic mass is 10.1. The number of hydrogen-bond donors (Lipinski definition) is 1. The summed E-state index contributed by atoms with van der Waals surface area (Å²) in [5, 5.41) is 4.34. The van der Waals surface area contributed by atoms with Crippen molar-refractivity contribution in [1.82, 2.24) is 10.2 Å². The Morgan fingerprint density at radius 3 is 2.34 bits per heavy atom. The lowest BCUT2D eigenvalue weighted by molar-refractivity contribution is -0.140. The van der Waals surface area contributed by atoms with E-state index in [0.29, 0.717) is 15.1 Å². The molecule has 7 heteroatoms. The Morgan fingerprint density at radius 1 is 1.00 bits per heavy atom. The molecule has 0 unspecified atom stereocenters. The van der Waals surface area contributed by atoms with Gasteiger partial charge in [-0.25, -0.2) is 0 Å². The molecule has 0 aliphatic heterocycles. The van der Waals surface area contributed by atoms with Crippen molar-refractivity contribution in [3.63, 3.8) is 0 Å². The Balaban J connectivity index is 2.25. The van der Waals surface area contributed by atoms with E-state index in [2.05, 4.69) is 5.32 Å². The van der Waals surface area contributed by atoms with Crippen molar-refractivity contribution >= 4 is 46.6 Å².